The zero-order chi connectivity index (χ0) is 25.1. The summed E-state index contributed by atoms with van der Waals surface area (Å²) in [6.07, 6.45) is 5.35. The first-order valence-corrected chi connectivity index (χ1v) is 11.2. The Kier molecular flexibility index (Phi) is 11.3. The molecule has 2 atom stereocenters. The molecule has 1 aliphatic rings. The number of amidine groups is 1. The number of hydrogen-bond donors (Lipinski definition) is 5. The molecular weight excluding hydrogens is 414 g/mol. The Labute approximate surface area is 198 Å². The molecule has 7 nitrogen and oxygen atoms in total. The highest BCUT2D eigenvalue weighted by atomic mass is 16.3. The summed E-state index contributed by atoms with van der Waals surface area (Å²) in [6.45, 7) is 14.0. The number of likely N-dealkylation sites (N-methyl/N-ethyl adjacent to an activating group) is 1. The fourth-order valence-electron chi connectivity index (χ4n) is 3.75. The third-order valence-corrected chi connectivity index (χ3v) is 5.45. The van der Waals surface area contributed by atoms with E-state index in [1.54, 1.807) is 6.20 Å². The van der Waals surface area contributed by atoms with Crippen LogP contribution in [-0.4, -0.2) is 36.2 Å². The van der Waals surface area contributed by atoms with Gasteiger partial charge in [-0.1, -0.05) is 24.6 Å². The first kappa shape index (κ1) is 27.8. The van der Waals surface area contributed by atoms with E-state index in [2.05, 4.69) is 49.9 Å². The summed E-state index contributed by atoms with van der Waals surface area (Å²) in [7, 11) is 1.48. The molecule has 0 saturated carbocycles. The number of aliphatic hydroxyl groups excluding tert-OH is 1. The van der Waals surface area contributed by atoms with Crippen molar-refractivity contribution >= 4 is 29.3 Å². The molecule has 0 aromatic heterocycles. The van der Waals surface area contributed by atoms with Gasteiger partial charge in [0.15, 0.2) is 0 Å². The maximum atomic E-state index is 10.2. The second-order valence-corrected chi connectivity index (χ2v) is 8.55. The quantitative estimate of drug-likeness (QED) is 0.241. The smallest absolute Gasteiger partial charge is 0.248 e. The highest BCUT2D eigenvalue weighted by Gasteiger charge is 2.22. The number of carbonyl (C=O) groups is 1. The summed E-state index contributed by atoms with van der Waals surface area (Å²) in [5, 5.41) is 21.6. The van der Waals surface area contributed by atoms with Gasteiger partial charge in [0.1, 0.15) is 11.9 Å². The number of nitrogens with zero attached hydrogens (tertiary/aromatic N) is 1. The number of aliphatic imine (C=N–C) groups is 1. The first-order chi connectivity index (χ1) is 15.5. The summed E-state index contributed by atoms with van der Waals surface area (Å²) in [4.78, 5) is 14.7. The number of nitrogens with one attached hydrogen (secondary N) is 3. The lowest BCUT2D eigenvalue weighted by Crippen LogP contribution is -2.28. The van der Waals surface area contributed by atoms with E-state index in [1.807, 2.05) is 18.2 Å². The van der Waals surface area contributed by atoms with Crippen molar-refractivity contribution in [3.63, 3.8) is 0 Å². The molecule has 180 valence electrons. The minimum atomic E-state index is -0.884. The largest absolute Gasteiger partial charge is 0.398 e. The molecule has 1 aliphatic carbocycles. The van der Waals surface area contributed by atoms with Gasteiger partial charge in [-0.3, -0.25) is 4.79 Å². The SMILES string of the molecule is C=CN=C(Nc1ccc(N)c(C=N)c1)C(=C(C)C)C1=C(C)CC(C)CC1.CNC(=O)C(C)O. The van der Waals surface area contributed by atoms with Gasteiger partial charge in [-0.2, -0.15) is 0 Å². The summed E-state index contributed by atoms with van der Waals surface area (Å²) < 4.78 is 0. The van der Waals surface area contributed by atoms with Gasteiger partial charge >= 0.3 is 0 Å². The number of amides is 1. The van der Waals surface area contributed by atoms with Crippen molar-refractivity contribution in [3.05, 3.63) is 58.8 Å². The molecule has 0 saturated heterocycles. The molecule has 0 bridgehead atoms. The highest BCUT2D eigenvalue weighted by molar-refractivity contribution is 6.12. The second-order valence-electron chi connectivity index (χ2n) is 8.55. The van der Waals surface area contributed by atoms with Crippen LogP contribution in [0.15, 0.2) is 58.3 Å². The van der Waals surface area contributed by atoms with E-state index in [0.717, 1.165) is 30.3 Å². The summed E-state index contributed by atoms with van der Waals surface area (Å²) in [5.74, 6) is 1.18. The van der Waals surface area contributed by atoms with Crippen molar-refractivity contribution in [2.24, 2.45) is 10.9 Å². The lowest BCUT2D eigenvalue weighted by Gasteiger charge is -2.27. The Morgan fingerprint density at radius 2 is 2.06 bits per heavy atom. The number of hydrogen-bond acceptors (Lipinski definition) is 5. The summed E-state index contributed by atoms with van der Waals surface area (Å²) in [5.41, 5.74) is 13.3. The molecular formula is C26H39N5O2. The number of anilines is 2. The van der Waals surface area contributed by atoms with Gasteiger partial charge in [0.25, 0.3) is 0 Å². The average Bonchev–Trinajstić information content (AvgIpc) is 2.76. The summed E-state index contributed by atoms with van der Waals surface area (Å²) >= 11 is 0. The summed E-state index contributed by atoms with van der Waals surface area (Å²) in [6, 6.07) is 5.59. The normalized spacial score (nSPS) is 16.7. The molecule has 1 aromatic rings. The number of rotatable bonds is 6. The minimum absolute atomic E-state index is 0.347. The number of nitrogen functional groups attached to an aromatic ring is 1. The molecule has 33 heavy (non-hydrogen) atoms. The maximum Gasteiger partial charge on any atom is 0.248 e. The molecule has 0 aliphatic heterocycles. The lowest BCUT2D eigenvalue weighted by atomic mass is 9.81. The van der Waals surface area contributed by atoms with Crippen LogP contribution in [0.4, 0.5) is 11.4 Å². The molecule has 0 radical (unpaired) electrons. The number of nitrogens with two attached hydrogens (primary N) is 1. The molecule has 0 fully saturated rings. The van der Waals surface area contributed by atoms with Crippen LogP contribution in [0.1, 0.15) is 59.4 Å². The van der Waals surface area contributed by atoms with E-state index < -0.39 is 6.10 Å². The van der Waals surface area contributed by atoms with Gasteiger partial charge in [-0.15, -0.1) is 0 Å². The van der Waals surface area contributed by atoms with Crippen LogP contribution in [-0.2, 0) is 4.79 Å². The van der Waals surface area contributed by atoms with E-state index >= 15 is 0 Å². The van der Waals surface area contributed by atoms with Crippen LogP contribution in [0.2, 0.25) is 0 Å². The first-order valence-electron chi connectivity index (χ1n) is 11.2. The van der Waals surface area contributed by atoms with Gasteiger partial charge in [-0.25, -0.2) is 4.99 Å². The number of allylic oxidation sites excluding steroid dienone is 2. The second kappa shape index (κ2) is 13.4. The van der Waals surface area contributed by atoms with E-state index in [9.17, 15) is 4.79 Å². The van der Waals surface area contributed by atoms with Crippen molar-refractivity contribution in [3.8, 4) is 0 Å². The third kappa shape index (κ3) is 8.35. The van der Waals surface area contributed by atoms with Crippen LogP contribution in [0, 0.1) is 11.3 Å². The lowest BCUT2D eigenvalue weighted by molar-refractivity contribution is -0.127. The topological polar surface area (TPSA) is 124 Å². The standard InChI is InChI=1S/C22H30N4.C4H9NO2/c1-6-25-22(26-18-8-10-20(24)17(12-18)13-23)21(14(2)3)19-9-7-15(4)11-16(19)5;1-3(6)4(7)5-2/h6,8,10,12-13,15,23H,1,7,9,11,24H2,2-5H3,(H,25,26);3,6H,1-2H3,(H,5,7). The fraction of sp³-hybridized carbons (Fsp3) is 0.423. The number of benzene rings is 1. The zero-order valence-electron chi connectivity index (χ0n) is 20.7. The van der Waals surface area contributed by atoms with Crippen LogP contribution < -0.4 is 16.4 Å². The Morgan fingerprint density at radius 3 is 2.52 bits per heavy atom. The van der Waals surface area contributed by atoms with Gasteiger partial charge < -0.3 is 26.9 Å². The zero-order valence-corrected chi connectivity index (χ0v) is 20.7. The predicted octanol–water partition coefficient (Wildman–Crippen LogP) is 4.81. The minimum Gasteiger partial charge on any atom is -0.398 e. The van der Waals surface area contributed by atoms with Crippen molar-refractivity contribution in [1.29, 1.82) is 5.41 Å². The van der Waals surface area contributed by atoms with Crippen molar-refractivity contribution in [2.75, 3.05) is 18.1 Å². The van der Waals surface area contributed by atoms with Gasteiger partial charge in [0.2, 0.25) is 5.91 Å². The monoisotopic (exact) mass is 453 g/mol. The Hall–Kier alpha value is -3.19. The molecule has 6 N–H and O–H groups in total. The molecule has 1 amide bonds. The molecule has 7 heteroatoms. The number of aliphatic hydroxyl groups is 1. The fourth-order valence-corrected chi connectivity index (χ4v) is 3.75. The Bertz CT molecular complexity index is 953. The van der Waals surface area contributed by atoms with Crippen LogP contribution in [0.25, 0.3) is 0 Å². The highest BCUT2D eigenvalue weighted by Crippen LogP contribution is 2.35. The van der Waals surface area contributed by atoms with Gasteiger partial charge in [0, 0.05) is 42.0 Å². The van der Waals surface area contributed by atoms with Gasteiger partial charge in [0.05, 0.1) is 0 Å². The van der Waals surface area contributed by atoms with Crippen molar-refractivity contribution < 1.29 is 9.90 Å². The average molecular weight is 454 g/mol. The predicted molar refractivity (Wildman–Crippen MR) is 140 cm³/mol. The van der Waals surface area contributed by atoms with Gasteiger partial charge in [-0.05, 0) is 76.6 Å². The van der Waals surface area contributed by atoms with Crippen LogP contribution >= 0.6 is 0 Å². The van der Waals surface area contributed by atoms with Crippen molar-refractivity contribution in [2.45, 2.75) is 60.0 Å². The van der Waals surface area contributed by atoms with E-state index in [-0.39, 0.29) is 5.91 Å². The Morgan fingerprint density at radius 1 is 1.39 bits per heavy atom. The Balaban J connectivity index is 0.000000675. The molecule has 0 spiro atoms. The maximum absolute atomic E-state index is 10.2. The van der Waals surface area contributed by atoms with Crippen LogP contribution in [0.3, 0.4) is 0 Å². The van der Waals surface area contributed by atoms with E-state index in [4.69, 9.17) is 16.2 Å². The molecule has 0 heterocycles. The van der Waals surface area contributed by atoms with E-state index in [1.165, 1.54) is 48.9 Å². The molecule has 2 unspecified atom stereocenters. The van der Waals surface area contributed by atoms with Crippen LogP contribution in [0.5, 0.6) is 0 Å². The van der Waals surface area contributed by atoms with E-state index in [0.29, 0.717) is 11.3 Å². The van der Waals surface area contributed by atoms with Crippen molar-refractivity contribution in [1.82, 2.24) is 5.32 Å². The molecule has 2 rings (SSSR count). The number of carbonyl (C=O) groups excluding carboxylic acids is 1. The third-order valence-electron chi connectivity index (χ3n) is 5.45. The molecule has 1 aromatic carbocycles.